The van der Waals surface area contributed by atoms with Crippen molar-refractivity contribution in [2.45, 2.75) is 27.2 Å². The number of nitrogens with one attached hydrogen (secondary N) is 2. The Hall–Kier alpha value is -2.24. The molecule has 1 amide bonds. The zero-order valence-electron chi connectivity index (χ0n) is 11.3. The summed E-state index contributed by atoms with van der Waals surface area (Å²) in [5, 5.41) is 16.6. The van der Waals surface area contributed by atoms with Crippen molar-refractivity contribution in [1.29, 1.82) is 0 Å². The molecule has 0 aliphatic rings. The number of H-pyrrole nitrogens is 1. The van der Waals surface area contributed by atoms with E-state index in [9.17, 15) is 4.79 Å². The first-order chi connectivity index (χ1) is 8.94. The normalized spacial score (nSPS) is 11.3. The van der Waals surface area contributed by atoms with E-state index in [1.54, 1.807) is 0 Å². The molecule has 6 nitrogen and oxygen atoms in total. The van der Waals surface area contributed by atoms with Crippen LogP contribution < -0.4 is 5.32 Å². The second-order valence-electron chi connectivity index (χ2n) is 5.60. The minimum Gasteiger partial charge on any atom is -0.326 e. The van der Waals surface area contributed by atoms with Gasteiger partial charge in [-0.05, 0) is 22.8 Å². The predicted molar refractivity (Wildman–Crippen MR) is 72.3 cm³/mol. The Morgan fingerprint density at radius 3 is 2.79 bits per heavy atom. The first-order valence-electron chi connectivity index (χ1n) is 6.08. The SMILES string of the molecule is CC(C)(C)CC(=O)Nc1cccc(-c2nn[nH]n2)c1. The first-order valence-corrected chi connectivity index (χ1v) is 6.08. The maximum atomic E-state index is 11.9. The van der Waals surface area contributed by atoms with Gasteiger partial charge in [-0.15, -0.1) is 10.2 Å². The third kappa shape index (κ3) is 3.87. The number of benzene rings is 1. The van der Waals surface area contributed by atoms with Crippen LogP contribution in [0.5, 0.6) is 0 Å². The van der Waals surface area contributed by atoms with Crippen molar-refractivity contribution in [3.05, 3.63) is 24.3 Å². The maximum absolute atomic E-state index is 11.9. The van der Waals surface area contributed by atoms with Gasteiger partial charge in [0.15, 0.2) is 0 Å². The monoisotopic (exact) mass is 259 g/mol. The number of tetrazole rings is 1. The van der Waals surface area contributed by atoms with Crippen molar-refractivity contribution in [2.24, 2.45) is 5.41 Å². The van der Waals surface area contributed by atoms with Crippen molar-refractivity contribution in [3.8, 4) is 11.4 Å². The summed E-state index contributed by atoms with van der Waals surface area (Å²) in [5.41, 5.74) is 1.51. The number of aromatic nitrogens is 4. The van der Waals surface area contributed by atoms with Gasteiger partial charge in [0.1, 0.15) is 0 Å². The lowest BCUT2D eigenvalue weighted by Crippen LogP contribution is -2.19. The van der Waals surface area contributed by atoms with Crippen LogP contribution in [0, 0.1) is 5.41 Å². The molecule has 0 bridgehead atoms. The first kappa shape index (κ1) is 13.2. The summed E-state index contributed by atoms with van der Waals surface area (Å²) in [4.78, 5) is 11.9. The molecule has 2 aromatic rings. The molecule has 6 heteroatoms. The zero-order valence-corrected chi connectivity index (χ0v) is 11.3. The molecule has 2 N–H and O–H groups in total. The fourth-order valence-corrected chi connectivity index (χ4v) is 1.71. The van der Waals surface area contributed by atoms with Gasteiger partial charge in [-0.1, -0.05) is 32.9 Å². The molecule has 0 aliphatic heterocycles. The Morgan fingerprint density at radius 1 is 1.37 bits per heavy atom. The van der Waals surface area contributed by atoms with E-state index < -0.39 is 0 Å². The molecule has 1 aromatic carbocycles. The molecular weight excluding hydrogens is 242 g/mol. The summed E-state index contributed by atoms with van der Waals surface area (Å²) in [6.45, 7) is 6.09. The minimum atomic E-state index is -0.0324. The van der Waals surface area contributed by atoms with Crippen LogP contribution in [0.15, 0.2) is 24.3 Å². The Kier molecular flexibility index (Phi) is 3.59. The highest BCUT2D eigenvalue weighted by Gasteiger charge is 2.16. The molecular formula is C13H17N5O. The third-order valence-corrected chi connectivity index (χ3v) is 2.44. The molecule has 19 heavy (non-hydrogen) atoms. The second kappa shape index (κ2) is 5.17. The van der Waals surface area contributed by atoms with E-state index in [-0.39, 0.29) is 11.3 Å². The number of amides is 1. The molecule has 0 aliphatic carbocycles. The van der Waals surface area contributed by atoms with Crippen LogP contribution in [0.4, 0.5) is 5.69 Å². The molecule has 0 spiro atoms. The average molecular weight is 259 g/mol. The van der Waals surface area contributed by atoms with Gasteiger partial charge in [0, 0.05) is 17.7 Å². The molecule has 100 valence electrons. The zero-order chi connectivity index (χ0) is 13.9. The number of anilines is 1. The van der Waals surface area contributed by atoms with Gasteiger partial charge in [0.2, 0.25) is 11.7 Å². The van der Waals surface area contributed by atoms with Crippen molar-refractivity contribution >= 4 is 11.6 Å². The number of nitrogens with zero attached hydrogens (tertiary/aromatic N) is 3. The van der Waals surface area contributed by atoms with Crippen LogP contribution >= 0.6 is 0 Å². The van der Waals surface area contributed by atoms with Crippen LogP contribution in [0.3, 0.4) is 0 Å². The topological polar surface area (TPSA) is 83.6 Å². The van der Waals surface area contributed by atoms with Crippen LogP contribution in [-0.4, -0.2) is 26.5 Å². The number of carbonyl (C=O) groups excluding carboxylic acids is 1. The van der Waals surface area contributed by atoms with E-state index in [0.29, 0.717) is 12.2 Å². The largest absolute Gasteiger partial charge is 0.326 e. The van der Waals surface area contributed by atoms with E-state index in [1.807, 2.05) is 45.0 Å². The number of rotatable bonds is 3. The molecule has 1 heterocycles. The standard InChI is InChI=1S/C13H17N5O/c1-13(2,3)8-11(19)14-10-6-4-5-9(7-10)12-15-17-18-16-12/h4-7H,8H2,1-3H3,(H,14,19)(H,15,16,17,18). The van der Waals surface area contributed by atoms with Crippen LogP contribution in [0.2, 0.25) is 0 Å². The summed E-state index contributed by atoms with van der Waals surface area (Å²) in [6, 6.07) is 7.37. The molecule has 0 unspecified atom stereocenters. The van der Waals surface area contributed by atoms with Gasteiger partial charge in [0.05, 0.1) is 0 Å². The summed E-state index contributed by atoms with van der Waals surface area (Å²) in [5.74, 6) is 0.504. The van der Waals surface area contributed by atoms with Crippen LogP contribution in [0.25, 0.3) is 11.4 Å². The Morgan fingerprint density at radius 2 is 2.16 bits per heavy atom. The fourth-order valence-electron chi connectivity index (χ4n) is 1.71. The van der Waals surface area contributed by atoms with Gasteiger partial charge >= 0.3 is 0 Å². The molecule has 2 rings (SSSR count). The quantitative estimate of drug-likeness (QED) is 0.885. The summed E-state index contributed by atoms with van der Waals surface area (Å²) in [7, 11) is 0. The predicted octanol–water partition coefficient (Wildman–Crippen LogP) is 2.24. The fraction of sp³-hybridized carbons (Fsp3) is 0.385. The number of aromatic amines is 1. The summed E-state index contributed by atoms with van der Waals surface area (Å²) < 4.78 is 0. The molecule has 0 fully saturated rings. The summed E-state index contributed by atoms with van der Waals surface area (Å²) >= 11 is 0. The lowest BCUT2D eigenvalue weighted by molar-refractivity contribution is -0.117. The lowest BCUT2D eigenvalue weighted by atomic mass is 9.92. The van der Waals surface area contributed by atoms with E-state index in [1.165, 1.54) is 0 Å². The molecule has 0 radical (unpaired) electrons. The number of carbonyl (C=O) groups is 1. The van der Waals surface area contributed by atoms with Crippen molar-refractivity contribution in [3.63, 3.8) is 0 Å². The average Bonchev–Trinajstić information content (AvgIpc) is 2.79. The van der Waals surface area contributed by atoms with Gasteiger partial charge in [-0.2, -0.15) is 5.21 Å². The molecule has 0 atom stereocenters. The Labute approximate surface area is 111 Å². The van der Waals surface area contributed by atoms with Gasteiger partial charge in [-0.25, -0.2) is 0 Å². The molecule has 1 aromatic heterocycles. The van der Waals surface area contributed by atoms with E-state index in [0.717, 1.165) is 11.3 Å². The van der Waals surface area contributed by atoms with E-state index in [2.05, 4.69) is 25.9 Å². The third-order valence-electron chi connectivity index (χ3n) is 2.44. The Balaban J connectivity index is 2.10. The van der Waals surface area contributed by atoms with Gasteiger partial charge in [0.25, 0.3) is 0 Å². The van der Waals surface area contributed by atoms with Crippen molar-refractivity contribution in [2.75, 3.05) is 5.32 Å². The maximum Gasteiger partial charge on any atom is 0.224 e. The molecule has 0 saturated carbocycles. The smallest absolute Gasteiger partial charge is 0.224 e. The van der Waals surface area contributed by atoms with Crippen LogP contribution in [0.1, 0.15) is 27.2 Å². The minimum absolute atomic E-state index is 0.00207. The van der Waals surface area contributed by atoms with Crippen LogP contribution in [-0.2, 0) is 4.79 Å². The highest BCUT2D eigenvalue weighted by atomic mass is 16.1. The van der Waals surface area contributed by atoms with Gasteiger partial charge < -0.3 is 5.32 Å². The summed E-state index contributed by atoms with van der Waals surface area (Å²) in [6.07, 6.45) is 0.472. The van der Waals surface area contributed by atoms with Crippen molar-refractivity contribution in [1.82, 2.24) is 20.6 Å². The lowest BCUT2D eigenvalue weighted by Gasteiger charge is -2.17. The van der Waals surface area contributed by atoms with E-state index in [4.69, 9.17) is 0 Å². The number of hydrogen-bond acceptors (Lipinski definition) is 4. The highest BCUT2D eigenvalue weighted by molar-refractivity contribution is 5.91. The van der Waals surface area contributed by atoms with E-state index >= 15 is 0 Å². The van der Waals surface area contributed by atoms with Crippen molar-refractivity contribution < 1.29 is 4.79 Å². The number of hydrogen-bond donors (Lipinski definition) is 2. The van der Waals surface area contributed by atoms with Gasteiger partial charge in [-0.3, -0.25) is 4.79 Å². The Bertz CT molecular complexity index is 557. The molecule has 0 saturated heterocycles. The highest BCUT2D eigenvalue weighted by Crippen LogP contribution is 2.21. The second-order valence-corrected chi connectivity index (χ2v) is 5.60.